The summed E-state index contributed by atoms with van der Waals surface area (Å²) in [6.07, 6.45) is 0. The normalized spacial score (nSPS) is 11.6. The fourth-order valence-electron chi connectivity index (χ4n) is 1.87. The maximum Gasteiger partial charge on any atom is 0.0135 e. The van der Waals surface area contributed by atoms with Crippen LogP contribution < -0.4 is 0 Å². The molecule has 0 spiro atoms. The summed E-state index contributed by atoms with van der Waals surface area (Å²) < 4.78 is 0. The van der Waals surface area contributed by atoms with Crippen LogP contribution in [-0.4, -0.2) is 20.0 Å². The molecule has 0 N–H and O–H groups in total. The van der Waals surface area contributed by atoms with Crippen molar-refractivity contribution in [1.29, 1.82) is 0 Å². The van der Waals surface area contributed by atoms with Crippen molar-refractivity contribution in [3.05, 3.63) is 60.2 Å². The predicted octanol–water partition coefficient (Wildman–Crippen LogP) is 4.19. The fourth-order valence-corrected chi connectivity index (χ4v) is 2.76. The van der Waals surface area contributed by atoms with E-state index in [4.69, 9.17) is 0 Å². The summed E-state index contributed by atoms with van der Waals surface area (Å²) in [4.78, 5) is 0. The van der Waals surface area contributed by atoms with Crippen molar-refractivity contribution in [2.24, 2.45) is 0 Å². The molecule has 18 heavy (non-hydrogen) atoms. The lowest BCUT2D eigenvalue weighted by Crippen LogP contribution is -1.89. The molecule has 0 saturated carbocycles. The van der Waals surface area contributed by atoms with Gasteiger partial charge in [-0.25, -0.2) is 0 Å². The highest BCUT2D eigenvalue weighted by atomic mass is 32.2. The number of hydrogen-bond donors (Lipinski definition) is 0. The molecule has 2 heteroatoms. The van der Waals surface area contributed by atoms with Crippen LogP contribution in [0.2, 0.25) is 0 Å². The summed E-state index contributed by atoms with van der Waals surface area (Å²) in [6, 6.07) is 19.3. The summed E-state index contributed by atoms with van der Waals surface area (Å²) in [5, 5.41) is 0. The Hall–Kier alpha value is -1.28. The van der Waals surface area contributed by atoms with Gasteiger partial charge in [0.25, 0.3) is 0 Å². The Labute approximate surface area is 115 Å². The van der Waals surface area contributed by atoms with Gasteiger partial charge in [-0.2, -0.15) is 10.5 Å². The molecule has 0 aliphatic carbocycles. The van der Waals surface area contributed by atoms with E-state index in [-0.39, 0.29) is 18.9 Å². The van der Waals surface area contributed by atoms with Gasteiger partial charge < -0.3 is 0 Å². The third-order valence-corrected chi connectivity index (χ3v) is 4.41. The molecule has 2 rings (SSSR count). The topological polar surface area (TPSA) is 0 Å². The van der Waals surface area contributed by atoms with Crippen LogP contribution in [0.15, 0.2) is 54.6 Å². The zero-order valence-corrected chi connectivity index (χ0v) is 11.6. The van der Waals surface area contributed by atoms with Crippen molar-refractivity contribution in [1.82, 2.24) is 0 Å². The Bertz CT molecular complexity index is 506. The molecule has 3 radical (unpaired) electrons. The smallest absolute Gasteiger partial charge is 0.0135 e. The van der Waals surface area contributed by atoms with E-state index < -0.39 is 0 Å². The Balaban J connectivity index is 0.00000162. The van der Waals surface area contributed by atoms with Crippen LogP contribution in [0.25, 0.3) is 11.1 Å². The Morgan fingerprint density at radius 1 is 0.944 bits per heavy atom. The van der Waals surface area contributed by atoms with Crippen molar-refractivity contribution in [2.75, 3.05) is 5.75 Å². The predicted molar refractivity (Wildman–Crippen MR) is 86.6 cm³/mol. The summed E-state index contributed by atoms with van der Waals surface area (Å²) >= 11 is 0. The van der Waals surface area contributed by atoms with E-state index in [0.29, 0.717) is 0 Å². The molecule has 1 atom stereocenters. The van der Waals surface area contributed by atoms with E-state index in [0.717, 1.165) is 11.5 Å². The van der Waals surface area contributed by atoms with E-state index >= 15 is 0 Å². The fraction of sp³-hybridized carbons (Fsp3) is 0.188. The highest BCUT2D eigenvalue weighted by Gasteiger charge is 2.04. The van der Waals surface area contributed by atoms with Crippen LogP contribution in [0, 0.1) is 0 Å². The molecule has 0 aliphatic rings. The van der Waals surface area contributed by atoms with E-state index in [1.54, 1.807) is 0 Å². The van der Waals surface area contributed by atoms with Gasteiger partial charge in [-0.15, -0.1) is 0 Å². The van der Waals surface area contributed by atoms with Gasteiger partial charge in [-0.1, -0.05) is 67.4 Å². The molecule has 0 heterocycles. The van der Waals surface area contributed by atoms with Crippen molar-refractivity contribution >= 4 is 24.8 Å². The van der Waals surface area contributed by atoms with E-state index in [1.807, 2.05) is 0 Å². The number of benzene rings is 2. The van der Waals surface area contributed by atoms with Crippen molar-refractivity contribution in [3.63, 3.8) is 0 Å². The van der Waals surface area contributed by atoms with Crippen LogP contribution >= 0.6 is 10.5 Å². The molecule has 0 aliphatic heterocycles. The van der Waals surface area contributed by atoms with Crippen molar-refractivity contribution < 1.29 is 0 Å². The van der Waals surface area contributed by atoms with Gasteiger partial charge in [0.2, 0.25) is 0 Å². The minimum absolute atomic E-state index is 0. The zero-order chi connectivity index (χ0) is 12.1. The van der Waals surface area contributed by atoms with E-state index in [2.05, 4.69) is 67.4 Å². The summed E-state index contributed by atoms with van der Waals surface area (Å²) in [6.45, 7) is 2.21. The first-order chi connectivity index (χ1) is 8.31. The Morgan fingerprint density at radius 3 is 2.22 bits per heavy atom. The number of rotatable bonds is 4. The van der Waals surface area contributed by atoms with Gasteiger partial charge >= 0.3 is 0 Å². The molecule has 1 unspecified atom stereocenters. The van der Waals surface area contributed by atoms with Gasteiger partial charge in [0.05, 0.1) is 0 Å². The minimum atomic E-state index is 0. The molecule has 0 nitrogen and oxygen atoms in total. The molecule has 0 aromatic heterocycles. The first-order valence-electron chi connectivity index (χ1n) is 5.91. The lowest BCUT2D eigenvalue weighted by Gasteiger charge is -2.11. The molecule has 2 aromatic carbocycles. The summed E-state index contributed by atoms with van der Waals surface area (Å²) in [7, 11) is 0.238. The van der Waals surface area contributed by atoms with Crippen LogP contribution in [0.4, 0.5) is 0 Å². The highest BCUT2D eigenvalue weighted by Crippen LogP contribution is 2.28. The van der Waals surface area contributed by atoms with Gasteiger partial charge in [0.1, 0.15) is 0 Å². The molecule has 0 amide bonds. The van der Waals surface area contributed by atoms with Gasteiger partial charge in [-0.05, 0) is 22.4 Å². The average Bonchev–Trinajstić information content (AvgIpc) is 2.40. The maximum absolute atomic E-state index is 4.21. The van der Waals surface area contributed by atoms with Crippen LogP contribution in [0.1, 0.15) is 12.5 Å². The first kappa shape index (κ1) is 14.8. The molecular weight excluding hydrogens is 235 g/mol. The lowest BCUT2D eigenvalue weighted by atomic mass is 10.0. The maximum atomic E-state index is 4.21. The third-order valence-electron chi connectivity index (χ3n) is 2.87. The SMILES string of the molecule is C=S(CC)Cc1ccccc1-c1ccccc1.[B]. The minimum Gasteiger partial charge on any atom is -0.189 e. The first-order valence-corrected chi connectivity index (χ1v) is 7.65. The van der Waals surface area contributed by atoms with Gasteiger partial charge in [-0.3, -0.25) is 0 Å². The van der Waals surface area contributed by atoms with Gasteiger partial charge in [0, 0.05) is 14.2 Å². The van der Waals surface area contributed by atoms with E-state index in [1.165, 1.54) is 16.7 Å². The standard InChI is InChI=1S/C16H18S.B/c1-3-17(2)13-15-11-7-8-12-16(15)14-9-5-4-6-10-14;/h4-12H,2-3,13H2,1H3;. The molecule has 91 valence electrons. The molecular formula is C16H18BS. The van der Waals surface area contributed by atoms with E-state index in [9.17, 15) is 0 Å². The Kier molecular flexibility index (Phi) is 5.93. The monoisotopic (exact) mass is 253 g/mol. The van der Waals surface area contributed by atoms with Crippen LogP contribution in [-0.2, 0) is 5.75 Å². The largest absolute Gasteiger partial charge is 0.189 e. The quantitative estimate of drug-likeness (QED) is 0.566. The molecule has 0 bridgehead atoms. The second kappa shape index (κ2) is 7.22. The van der Waals surface area contributed by atoms with Crippen LogP contribution in [0.5, 0.6) is 0 Å². The Morgan fingerprint density at radius 2 is 1.56 bits per heavy atom. The molecule has 0 saturated heterocycles. The molecule has 0 fully saturated rings. The summed E-state index contributed by atoms with van der Waals surface area (Å²) in [5.41, 5.74) is 4.07. The highest BCUT2D eigenvalue weighted by molar-refractivity contribution is 8.13. The van der Waals surface area contributed by atoms with Crippen molar-refractivity contribution in [2.45, 2.75) is 12.7 Å². The second-order valence-corrected chi connectivity index (χ2v) is 6.16. The number of hydrogen-bond acceptors (Lipinski definition) is 0. The zero-order valence-electron chi connectivity index (χ0n) is 10.8. The average molecular weight is 253 g/mol. The van der Waals surface area contributed by atoms with Gasteiger partial charge in [0.15, 0.2) is 0 Å². The summed E-state index contributed by atoms with van der Waals surface area (Å²) in [5.74, 6) is 6.46. The molecule has 2 aromatic rings. The second-order valence-electron chi connectivity index (χ2n) is 4.07. The lowest BCUT2D eigenvalue weighted by molar-refractivity contribution is 1.39. The van der Waals surface area contributed by atoms with Crippen LogP contribution in [0.3, 0.4) is 0 Å². The third kappa shape index (κ3) is 3.61. The van der Waals surface area contributed by atoms with Crippen molar-refractivity contribution in [3.8, 4) is 11.1 Å².